The van der Waals surface area contributed by atoms with Crippen LogP contribution in [-0.4, -0.2) is 32.6 Å². The van der Waals surface area contributed by atoms with Crippen LogP contribution in [0.25, 0.3) is 11.3 Å². The zero-order chi connectivity index (χ0) is 20.0. The van der Waals surface area contributed by atoms with E-state index in [0.29, 0.717) is 23.7 Å². The molecule has 148 valence electrons. The molecule has 1 aliphatic carbocycles. The normalized spacial score (nSPS) is 16.8. The van der Waals surface area contributed by atoms with Crippen LogP contribution in [0.2, 0.25) is 0 Å². The van der Waals surface area contributed by atoms with Gasteiger partial charge in [-0.2, -0.15) is 5.10 Å². The predicted octanol–water partition coefficient (Wildman–Crippen LogP) is 1.97. The first-order chi connectivity index (χ1) is 13.3. The first-order valence-corrected chi connectivity index (χ1v) is 9.46. The molecule has 0 saturated heterocycles. The molecule has 1 saturated carbocycles. The predicted molar refractivity (Wildman–Crippen MR) is 101 cm³/mol. The standard InChI is InChI=1S/C19H23FN6O2/c1-9(2)5-13(17(21)27)24-18-15(20)12-7-22-19(28)14(12)16(25-18)10-6-23-26(8-10)11-3-4-11/h6,8-9,11,13H,3-5,7H2,1-2H3,(H2,21,27)(H,22,28)(H,24,25)/t13-/m1/s1. The van der Waals surface area contributed by atoms with Crippen LogP contribution >= 0.6 is 0 Å². The van der Waals surface area contributed by atoms with Gasteiger partial charge in [0.15, 0.2) is 11.6 Å². The largest absolute Gasteiger partial charge is 0.368 e. The smallest absolute Gasteiger partial charge is 0.254 e. The van der Waals surface area contributed by atoms with E-state index in [-0.39, 0.29) is 35.3 Å². The number of amides is 2. The van der Waals surface area contributed by atoms with Crippen molar-refractivity contribution in [3.05, 3.63) is 29.3 Å². The Hall–Kier alpha value is -2.97. The lowest BCUT2D eigenvalue weighted by atomic mass is 10.0. The molecule has 2 amide bonds. The SMILES string of the molecule is CC(C)C[C@@H](Nc1nc(-c2cnn(C3CC3)c2)c2c(c1F)CNC2=O)C(N)=O. The highest BCUT2D eigenvalue weighted by atomic mass is 19.1. The van der Waals surface area contributed by atoms with E-state index in [4.69, 9.17) is 5.73 Å². The van der Waals surface area contributed by atoms with Gasteiger partial charge in [-0.05, 0) is 25.2 Å². The highest BCUT2D eigenvalue weighted by molar-refractivity contribution is 6.04. The van der Waals surface area contributed by atoms with Crippen molar-refractivity contribution in [3.63, 3.8) is 0 Å². The summed E-state index contributed by atoms with van der Waals surface area (Å²) in [6.07, 6.45) is 6.04. The molecular formula is C19H23FN6O2. The molecule has 4 N–H and O–H groups in total. The molecule has 0 aromatic carbocycles. The zero-order valence-electron chi connectivity index (χ0n) is 15.8. The second kappa shape index (κ2) is 6.88. The molecule has 9 heteroatoms. The first-order valence-electron chi connectivity index (χ1n) is 9.46. The number of carbonyl (C=O) groups is 2. The van der Waals surface area contributed by atoms with Crippen molar-refractivity contribution in [2.75, 3.05) is 5.32 Å². The van der Waals surface area contributed by atoms with Gasteiger partial charge >= 0.3 is 0 Å². The summed E-state index contributed by atoms with van der Waals surface area (Å²) in [5.41, 5.74) is 6.94. The number of rotatable bonds is 7. The van der Waals surface area contributed by atoms with Gasteiger partial charge in [0, 0.05) is 23.9 Å². The number of aromatic nitrogens is 3. The molecule has 1 aliphatic heterocycles. The summed E-state index contributed by atoms with van der Waals surface area (Å²) in [7, 11) is 0. The number of pyridine rings is 1. The summed E-state index contributed by atoms with van der Waals surface area (Å²) in [5, 5.41) is 9.84. The van der Waals surface area contributed by atoms with Gasteiger partial charge in [-0.25, -0.2) is 9.37 Å². The Labute approximate surface area is 161 Å². The number of primary amides is 1. The first kappa shape index (κ1) is 18.4. The number of fused-ring (bicyclic) bond motifs is 1. The fraction of sp³-hybridized carbons (Fsp3) is 0.474. The van der Waals surface area contributed by atoms with Gasteiger partial charge in [0.25, 0.3) is 5.91 Å². The maximum atomic E-state index is 15.1. The van der Waals surface area contributed by atoms with Gasteiger partial charge in [0.05, 0.1) is 23.5 Å². The number of anilines is 1. The minimum atomic E-state index is -0.757. The Kier molecular flexibility index (Phi) is 4.52. The number of halogens is 1. The second-order valence-corrected chi connectivity index (χ2v) is 7.83. The van der Waals surface area contributed by atoms with Crippen LogP contribution in [0.15, 0.2) is 12.4 Å². The fourth-order valence-electron chi connectivity index (χ4n) is 3.47. The molecule has 0 bridgehead atoms. The molecule has 2 aliphatic rings. The van der Waals surface area contributed by atoms with E-state index in [0.717, 1.165) is 12.8 Å². The number of hydrogen-bond donors (Lipinski definition) is 3. The van der Waals surface area contributed by atoms with Crippen molar-refractivity contribution in [2.45, 2.75) is 51.7 Å². The third kappa shape index (κ3) is 3.32. The third-order valence-electron chi connectivity index (χ3n) is 5.05. The van der Waals surface area contributed by atoms with Gasteiger partial charge < -0.3 is 16.4 Å². The molecule has 0 radical (unpaired) electrons. The second-order valence-electron chi connectivity index (χ2n) is 7.83. The molecule has 0 unspecified atom stereocenters. The number of carbonyl (C=O) groups excluding carboxylic acids is 2. The van der Waals surface area contributed by atoms with E-state index in [1.807, 2.05) is 24.7 Å². The highest BCUT2D eigenvalue weighted by Crippen LogP contribution is 2.37. The van der Waals surface area contributed by atoms with Crippen LogP contribution in [0.3, 0.4) is 0 Å². The monoisotopic (exact) mass is 386 g/mol. The molecule has 1 atom stereocenters. The van der Waals surface area contributed by atoms with Crippen LogP contribution in [0.1, 0.15) is 55.1 Å². The fourth-order valence-corrected chi connectivity index (χ4v) is 3.47. The van der Waals surface area contributed by atoms with Gasteiger partial charge in [0.2, 0.25) is 5.91 Å². The minimum Gasteiger partial charge on any atom is -0.368 e. The molecule has 28 heavy (non-hydrogen) atoms. The highest BCUT2D eigenvalue weighted by Gasteiger charge is 2.32. The van der Waals surface area contributed by atoms with E-state index < -0.39 is 17.8 Å². The third-order valence-corrected chi connectivity index (χ3v) is 5.05. The van der Waals surface area contributed by atoms with E-state index in [9.17, 15) is 9.59 Å². The van der Waals surface area contributed by atoms with Crippen molar-refractivity contribution in [3.8, 4) is 11.3 Å². The zero-order valence-corrected chi connectivity index (χ0v) is 15.8. The molecular weight excluding hydrogens is 363 g/mol. The molecule has 2 aromatic rings. The van der Waals surface area contributed by atoms with E-state index in [1.165, 1.54) is 0 Å². The van der Waals surface area contributed by atoms with Crippen molar-refractivity contribution < 1.29 is 14.0 Å². The number of nitrogens with one attached hydrogen (secondary N) is 2. The number of nitrogens with two attached hydrogens (primary N) is 1. The lowest BCUT2D eigenvalue weighted by Crippen LogP contribution is -2.37. The van der Waals surface area contributed by atoms with Crippen LogP contribution in [0, 0.1) is 11.7 Å². The van der Waals surface area contributed by atoms with Gasteiger partial charge in [0.1, 0.15) is 6.04 Å². The van der Waals surface area contributed by atoms with Gasteiger partial charge in [-0.1, -0.05) is 13.8 Å². The Balaban J connectivity index is 1.77. The number of hydrogen-bond acceptors (Lipinski definition) is 5. The summed E-state index contributed by atoms with van der Waals surface area (Å²) in [6.45, 7) is 3.97. The van der Waals surface area contributed by atoms with Gasteiger partial charge in [-0.3, -0.25) is 14.3 Å². The summed E-state index contributed by atoms with van der Waals surface area (Å²) in [6, 6.07) is -0.383. The van der Waals surface area contributed by atoms with Crippen LogP contribution in [-0.2, 0) is 11.3 Å². The van der Waals surface area contributed by atoms with Crippen LogP contribution in [0.5, 0.6) is 0 Å². The Morgan fingerprint density at radius 2 is 2.21 bits per heavy atom. The van der Waals surface area contributed by atoms with Crippen LogP contribution in [0.4, 0.5) is 10.2 Å². The van der Waals surface area contributed by atoms with E-state index in [1.54, 1.807) is 6.20 Å². The number of nitrogens with zero attached hydrogens (tertiary/aromatic N) is 3. The van der Waals surface area contributed by atoms with Crippen molar-refractivity contribution in [1.82, 2.24) is 20.1 Å². The molecule has 3 heterocycles. The molecule has 8 nitrogen and oxygen atoms in total. The summed E-state index contributed by atoms with van der Waals surface area (Å²) < 4.78 is 16.9. The summed E-state index contributed by atoms with van der Waals surface area (Å²) in [5.74, 6) is -1.47. The Bertz CT molecular complexity index is 950. The Morgan fingerprint density at radius 3 is 2.86 bits per heavy atom. The maximum Gasteiger partial charge on any atom is 0.254 e. The van der Waals surface area contributed by atoms with Crippen molar-refractivity contribution >= 4 is 17.6 Å². The summed E-state index contributed by atoms with van der Waals surface area (Å²) >= 11 is 0. The average molecular weight is 386 g/mol. The lowest BCUT2D eigenvalue weighted by Gasteiger charge is -2.19. The Morgan fingerprint density at radius 1 is 1.46 bits per heavy atom. The lowest BCUT2D eigenvalue weighted by molar-refractivity contribution is -0.119. The molecule has 2 aromatic heterocycles. The average Bonchev–Trinajstić information content (AvgIpc) is 3.24. The quantitative estimate of drug-likeness (QED) is 0.673. The van der Waals surface area contributed by atoms with E-state index >= 15 is 4.39 Å². The van der Waals surface area contributed by atoms with Crippen molar-refractivity contribution in [1.29, 1.82) is 0 Å². The molecule has 0 spiro atoms. The molecule has 4 rings (SSSR count). The van der Waals surface area contributed by atoms with Crippen molar-refractivity contribution in [2.24, 2.45) is 11.7 Å². The minimum absolute atomic E-state index is 0.0751. The summed E-state index contributed by atoms with van der Waals surface area (Å²) in [4.78, 5) is 28.5. The maximum absolute atomic E-state index is 15.1. The molecule has 1 fully saturated rings. The van der Waals surface area contributed by atoms with E-state index in [2.05, 4.69) is 20.7 Å². The topological polar surface area (TPSA) is 115 Å². The van der Waals surface area contributed by atoms with Gasteiger partial charge in [-0.15, -0.1) is 0 Å². The van der Waals surface area contributed by atoms with Crippen LogP contribution < -0.4 is 16.4 Å².